The van der Waals surface area contributed by atoms with Crippen LogP contribution in [0, 0.1) is 0 Å². The molecule has 0 heterocycles. The van der Waals surface area contributed by atoms with E-state index in [0.717, 1.165) is 12.8 Å². The highest BCUT2D eigenvalue weighted by molar-refractivity contribution is 5.88. The largest absolute Gasteiger partial charge is 0.306 e. The average Bonchev–Trinajstić information content (AvgIpc) is 2.82. The molecule has 4 heteroatoms. The van der Waals surface area contributed by atoms with Gasteiger partial charge in [0.25, 0.3) is 5.91 Å². The maximum absolute atomic E-state index is 11.4. The van der Waals surface area contributed by atoms with Crippen LogP contribution in [0.5, 0.6) is 0 Å². The number of nitrogens with zero attached hydrogens (tertiary/aromatic N) is 1. The molecule has 1 N–H and O–H groups in total. The van der Waals surface area contributed by atoms with E-state index in [1.54, 1.807) is 14.1 Å². The standard InChI is InChI=1S/C7H14N2O2/c1-8-7(4-5-7)6(10)9(2)11-3/h8H,4-5H2,1-3H3. The smallest absolute Gasteiger partial charge is 0.266 e. The van der Waals surface area contributed by atoms with E-state index >= 15 is 0 Å². The SMILES string of the molecule is CNC1(C(=O)N(C)OC)CC1. The van der Waals surface area contributed by atoms with E-state index in [2.05, 4.69) is 5.32 Å². The number of amides is 1. The van der Waals surface area contributed by atoms with Crippen molar-refractivity contribution in [3.8, 4) is 0 Å². The molecule has 0 atom stereocenters. The van der Waals surface area contributed by atoms with Gasteiger partial charge in [0.1, 0.15) is 5.54 Å². The number of rotatable bonds is 3. The van der Waals surface area contributed by atoms with Gasteiger partial charge in [-0.2, -0.15) is 0 Å². The number of hydrogen-bond acceptors (Lipinski definition) is 3. The van der Waals surface area contributed by atoms with Gasteiger partial charge in [0, 0.05) is 7.05 Å². The van der Waals surface area contributed by atoms with Gasteiger partial charge in [-0.1, -0.05) is 0 Å². The van der Waals surface area contributed by atoms with E-state index < -0.39 is 0 Å². The third kappa shape index (κ3) is 1.36. The molecule has 11 heavy (non-hydrogen) atoms. The van der Waals surface area contributed by atoms with Gasteiger partial charge in [0.05, 0.1) is 7.11 Å². The summed E-state index contributed by atoms with van der Waals surface area (Å²) in [6.07, 6.45) is 1.83. The van der Waals surface area contributed by atoms with Crippen LogP contribution in [0.2, 0.25) is 0 Å². The molecule has 0 aromatic heterocycles. The van der Waals surface area contributed by atoms with Crippen molar-refractivity contribution in [1.82, 2.24) is 10.4 Å². The molecule has 0 saturated heterocycles. The van der Waals surface area contributed by atoms with Crippen molar-refractivity contribution in [3.05, 3.63) is 0 Å². The van der Waals surface area contributed by atoms with E-state index in [9.17, 15) is 4.79 Å². The van der Waals surface area contributed by atoms with Gasteiger partial charge in [-0.25, -0.2) is 5.06 Å². The molecule has 0 radical (unpaired) electrons. The predicted octanol–water partition coefficient (Wildman–Crippen LogP) is -0.242. The summed E-state index contributed by atoms with van der Waals surface area (Å²) in [6, 6.07) is 0. The Labute approximate surface area is 66.5 Å². The van der Waals surface area contributed by atoms with Crippen LogP contribution in [0.3, 0.4) is 0 Å². The molecule has 1 aliphatic carbocycles. The summed E-state index contributed by atoms with van der Waals surface area (Å²) >= 11 is 0. The molecule has 0 unspecified atom stereocenters. The lowest BCUT2D eigenvalue weighted by Crippen LogP contribution is -2.45. The van der Waals surface area contributed by atoms with Crippen LogP contribution in [0.4, 0.5) is 0 Å². The Hall–Kier alpha value is -0.610. The van der Waals surface area contributed by atoms with E-state index in [4.69, 9.17) is 4.84 Å². The van der Waals surface area contributed by atoms with Crippen LogP contribution in [0.1, 0.15) is 12.8 Å². The van der Waals surface area contributed by atoms with Gasteiger partial charge in [0.15, 0.2) is 0 Å². The predicted molar refractivity (Wildman–Crippen MR) is 40.8 cm³/mol. The lowest BCUT2D eigenvalue weighted by atomic mass is 10.2. The van der Waals surface area contributed by atoms with E-state index in [0.29, 0.717) is 0 Å². The van der Waals surface area contributed by atoms with Gasteiger partial charge in [-0.3, -0.25) is 9.63 Å². The molecule has 0 spiro atoms. The summed E-state index contributed by atoms with van der Waals surface area (Å²) < 4.78 is 0. The number of nitrogens with one attached hydrogen (secondary N) is 1. The molecule has 4 nitrogen and oxygen atoms in total. The Morgan fingerprint density at radius 3 is 2.45 bits per heavy atom. The van der Waals surface area contributed by atoms with E-state index in [1.165, 1.54) is 12.2 Å². The average molecular weight is 158 g/mol. The zero-order valence-corrected chi connectivity index (χ0v) is 7.18. The molecule has 0 aliphatic heterocycles. The molecule has 1 saturated carbocycles. The number of hydroxylamine groups is 2. The molecule has 1 aliphatic rings. The van der Waals surface area contributed by atoms with Crippen LogP contribution in [0.25, 0.3) is 0 Å². The zero-order valence-electron chi connectivity index (χ0n) is 7.18. The Morgan fingerprint density at radius 1 is 1.64 bits per heavy atom. The highest BCUT2D eigenvalue weighted by Gasteiger charge is 2.50. The molecule has 1 fully saturated rings. The minimum absolute atomic E-state index is 0.0162. The third-order valence-corrected chi connectivity index (χ3v) is 2.20. The van der Waals surface area contributed by atoms with Crippen molar-refractivity contribution >= 4 is 5.91 Å². The van der Waals surface area contributed by atoms with Crippen LogP contribution in [-0.4, -0.2) is 37.7 Å². The Kier molecular flexibility index (Phi) is 2.15. The highest BCUT2D eigenvalue weighted by atomic mass is 16.7. The molecular formula is C7H14N2O2. The highest BCUT2D eigenvalue weighted by Crippen LogP contribution is 2.36. The Balaban J connectivity index is 2.53. The molecule has 0 aromatic carbocycles. The number of likely N-dealkylation sites (N-methyl/N-ethyl adjacent to an activating group) is 2. The van der Waals surface area contributed by atoms with Crippen LogP contribution in [0.15, 0.2) is 0 Å². The van der Waals surface area contributed by atoms with Gasteiger partial charge < -0.3 is 5.32 Å². The summed E-state index contributed by atoms with van der Waals surface area (Å²) in [6.45, 7) is 0. The second-order valence-corrected chi connectivity index (χ2v) is 2.82. The molecule has 0 bridgehead atoms. The fourth-order valence-electron chi connectivity index (χ4n) is 1.08. The quantitative estimate of drug-likeness (QED) is 0.576. The first-order valence-electron chi connectivity index (χ1n) is 3.67. The first-order valence-corrected chi connectivity index (χ1v) is 3.67. The maximum atomic E-state index is 11.4. The second-order valence-electron chi connectivity index (χ2n) is 2.82. The second kappa shape index (κ2) is 2.79. The number of carbonyl (C=O) groups is 1. The van der Waals surface area contributed by atoms with Crippen LogP contribution < -0.4 is 5.32 Å². The third-order valence-electron chi connectivity index (χ3n) is 2.20. The van der Waals surface area contributed by atoms with Crippen LogP contribution in [-0.2, 0) is 9.63 Å². The molecule has 1 rings (SSSR count). The van der Waals surface area contributed by atoms with Crippen molar-refractivity contribution < 1.29 is 9.63 Å². The lowest BCUT2D eigenvalue weighted by molar-refractivity contribution is -0.172. The summed E-state index contributed by atoms with van der Waals surface area (Å²) in [4.78, 5) is 16.2. The fraction of sp³-hybridized carbons (Fsp3) is 0.857. The molecule has 64 valence electrons. The van der Waals surface area contributed by atoms with Crippen molar-refractivity contribution in [2.24, 2.45) is 0 Å². The van der Waals surface area contributed by atoms with Gasteiger partial charge in [-0.15, -0.1) is 0 Å². The van der Waals surface area contributed by atoms with Crippen LogP contribution >= 0.6 is 0 Å². The topological polar surface area (TPSA) is 41.6 Å². The first kappa shape index (κ1) is 8.49. The fourth-order valence-corrected chi connectivity index (χ4v) is 1.08. The lowest BCUT2D eigenvalue weighted by Gasteiger charge is -2.20. The minimum atomic E-state index is -0.315. The monoisotopic (exact) mass is 158 g/mol. The number of hydrogen-bond donors (Lipinski definition) is 1. The van der Waals surface area contributed by atoms with Gasteiger partial charge >= 0.3 is 0 Å². The summed E-state index contributed by atoms with van der Waals surface area (Å²) in [5.74, 6) is 0.0162. The molecule has 0 aromatic rings. The zero-order chi connectivity index (χ0) is 8.48. The summed E-state index contributed by atoms with van der Waals surface area (Å²) in [5.41, 5.74) is -0.315. The Bertz CT molecular complexity index is 166. The maximum Gasteiger partial charge on any atom is 0.266 e. The normalized spacial score (nSPS) is 19.5. The van der Waals surface area contributed by atoms with Gasteiger partial charge in [-0.05, 0) is 19.9 Å². The minimum Gasteiger partial charge on any atom is -0.306 e. The van der Waals surface area contributed by atoms with Crippen molar-refractivity contribution in [1.29, 1.82) is 0 Å². The van der Waals surface area contributed by atoms with E-state index in [-0.39, 0.29) is 11.4 Å². The number of carbonyl (C=O) groups excluding carboxylic acids is 1. The molecule has 1 amide bonds. The van der Waals surface area contributed by atoms with Crippen molar-refractivity contribution in [2.45, 2.75) is 18.4 Å². The summed E-state index contributed by atoms with van der Waals surface area (Å²) in [5, 5.41) is 4.26. The summed E-state index contributed by atoms with van der Waals surface area (Å²) in [7, 11) is 4.91. The van der Waals surface area contributed by atoms with E-state index in [1.807, 2.05) is 0 Å². The van der Waals surface area contributed by atoms with Crippen molar-refractivity contribution in [3.63, 3.8) is 0 Å². The first-order chi connectivity index (χ1) is 5.16. The molecular weight excluding hydrogens is 144 g/mol. The van der Waals surface area contributed by atoms with Crippen molar-refractivity contribution in [2.75, 3.05) is 21.2 Å². The Morgan fingerprint density at radius 2 is 2.18 bits per heavy atom. The van der Waals surface area contributed by atoms with Gasteiger partial charge in [0.2, 0.25) is 0 Å².